The van der Waals surface area contributed by atoms with E-state index in [9.17, 15) is 4.79 Å². The second-order valence-electron chi connectivity index (χ2n) is 7.54. The van der Waals surface area contributed by atoms with Gasteiger partial charge in [-0.25, -0.2) is 0 Å². The second kappa shape index (κ2) is 7.52. The van der Waals surface area contributed by atoms with Crippen molar-refractivity contribution in [2.45, 2.75) is 32.6 Å². The van der Waals surface area contributed by atoms with Crippen LogP contribution in [0.5, 0.6) is 11.5 Å². The molecule has 1 heterocycles. The molecule has 1 aliphatic heterocycles. The van der Waals surface area contributed by atoms with Gasteiger partial charge < -0.3 is 9.64 Å². The summed E-state index contributed by atoms with van der Waals surface area (Å²) in [6, 6.07) is 17.9. The van der Waals surface area contributed by atoms with Gasteiger partial charge in [0.1, 0.15) is 16.9 Å². The van der Waals surface area contributed by atoms with Crippen LogP contribution in [-0.2, 0) is 4.79 Å². The Bertz CT molecular complexity index is 724. The fourth-order valence-corrected chi connectivity index (χ4v) is 4.18. The van der Waals surface area contributed by atoms with Crippen LogP contribution in [0.4, 0.5) is 0 Å². The highest BCUT2D eigenvalue weighted by atomic mass is 32.2. The van der Waals surface area contributed by atoms with Gasteiger partial charge in [0.05, 0.1) is 0 Å². The quantitative estimate of drug-likeness (QED) is 0.726. The maximum Gasteiger partial charge on any atom is 0.224 e. The van der Waals surface area contributed by atoms with Crippen molar-refractivity contribution < 1.29 is 9.53 Å². The molecule has 4 heteroatoms. The number of rotatable bonds is 4. The number of amides is 1. The fraction of sp³-hybridized carbons (Fsp3) is 0.381. The largest absolute Gasteiger partial charge is 0.457 e. The zero-order valence-corrected chi connectivity index (χ0v) is 15.9. The van der Waals surface area contributed by atoms with Crippen LogP contribution >= 0.6 is 11.8 Å². The summed E-state index contributed by atoms with van der Waals surface area (Å²) in [5, 5.41) is 0.0779. The molecule has 0 aromatic heterocycles. The Morgan fingerprint density at radius 1 is 1.12 bits per heavy atom. The number of hydrogen-bond acceptors (Lipinski definition) is 3. The Hall–Kier alpha value is -1.94. The van der Waals surface area contributed by atoms with E-state index in [2.05, 4.69) is 26.8 Å². The Morgan fingerprint density at radius 2 is 1.84 bits per heavy atom. The molecule has 0 spiro atoms. The Labute approximate surface area is 154 Å². The molecule has 2 aromatic carbocycles. The first-order valence-corrected chi connectivity index (χ1v) is 9.71. The molecule has 1 fully saturated rings. The van der Waals surface area contributed by atoms with Crippen molar-refractivity contribution in [1.82, 2.24) is 4.90 Å². The lowest BCUT2D eigenvalue weighted by atomic mass is 9.91. The third-order valence-corrected chi connectivity index (χ3v) is 5.28. The standard InChI is InChI=1S/C21H25NO2S/c1-21(2,3)15-19(23)22-12-13-25-20(22)16-8-7-11-18(14-16)24-17-9-5-4-6-10-17/h4-11,14,20H,12-13,15H2,1-3H3/t20-/m1/s1. The SMILES string of the molecule is CC(C)(C)CC(=O)N1CCS[C@@H]1c1cccc(Oc2ccccc2)c1. The summed E-state index contributed by atoms with van der Waals surface area (Å²) < 4.78 is 5.94. The first-order chi connectivity index (χ1) is 11.9. The van der Waals surface area contributed by atoms with Crippen molar-refractivity contribution in [2.24, 2.45) is 5.41 Å². The molecular formula is C21H25NO2S. The molecule has 0 aliphatic carbocycles. The van der Waals surface area contributed by atoms with Crippen molar-refractivity contribution in [3.8, 4) is 11.5 Å². The van der Waals surface area contributed by atoms with Gasteiger partial charge in [-0.3, -0.25) is 4.79 Å². The molecule has 1 atom stereocenters. The van der Waals surface area contributed by atoms with Crippen LogP contribution in [0.1, 0.15) is 38.1 Å². The molecule has 0 radical (unpaired) electrons. The van der Waals surface area contributed by atoms with Crippen molar-refractivity contribution in [3.05, 3.63) is 60.2 Å². The van der Waals surface area contributed by atoms with E-state index in [0.717, 1.165) is 29.4 Å². The van der Waals surface area contributed by atoms with Crippen molar-refractivity contribution >= 4 is 17.7 Å². The summed E-state index contributed by atoms with van der Waals surface area (Å²) in [5.41, 5.74) is 1.13. The number of carbonyl (C=O) groups is 1. The van der Waals surface area contributed by atoms with Gasteiger partial charge in [0.25, 0.3) is 0 Å². The van der Waals surface area contributed by atoms with Gasteiger partial charge in [-0.1, -0.05) is 51.1 Å². The minimum atomic E-state index is 0.00710. The zero-order chi connectivity index (χ0) is 17.9. The molecule has 0 N–H and O–H groups in total. The summed E-state index contributed by atoms with van der Waals surface area (Å²) in [5.74, 6) is 2.83. The predicted molar refractivity (Wildman–Crippen MR) is 104 cm³/mol. The monoisotopic (exact) mass is 355 g/mol. The van der Waals surface area contributed by atoms with Gasteiger partial charge in [-0.15, -0.1) is 11.8 Å². The molecular weight excluding hydrogens is 330 g/mol. The first kappa shape index (κ1) is 17.9. The van der Waals surface area contributed by atoms with E-state index in [-0.39, 0.29) is 16.7 Å². The Morgan fingerprint density at radius 3 is 2.56 bits per heavy atom. The van der Waals surface area contributed by atoms with Crippen LogP contribution in [0, 0.1) is 5.41 Å². The number of carbonyl (C=O) groups excluding carboxylic acids is 1. The first-order valence-electron chi connectivity index (χ1n) is 8.66. The van der Waals surface area contributed by atoms with E-state index in [4.69, 9.17) is 4.74 Å². The van der Waals surface area contributed by atoms with Crippen molar-refractivity contribution in [1.29, 1.82) is 0 Å². The smallest absolute Gasteiger partial charge is 0.224 e. The summed E-state index contributed by atoms with van der Waals surface area (Å²) in [6.45, 7) is 7.14. The molecule has 3 nitrogen and oxygen atoms in total. The molecule has 3 rings (SSSR count). The van der Waals surface area contributed by atoms with Crippen LogP contribution in [0.2, 0.25) is 0 Å². The molecule has 1 aliphatic rings. The number of para-hydroxylation sites is 1. The van der Waals surface area contributed by atoms with E-state index >= 15 is 0 Å². The summed E-state index contributed by atoms with van der Waals surface area (Å²) in [7, 11) is 0. The summed E-state index contributed by atoms with van der Waals surface area (Å²) in [4.78, 5) is 14.7. The minimum absolute atomic E-state index is 0.00710. The molecule has 1 amide bonds. The molecule has 1 saturated heterocycles. The maximum absolute atomic E-state index is 12.7. The van der Waals surface area contributed by atoms with E-state index < -0.39 is 0 Å². The second-order valence-corrected chi connectivity index (χ2v) is 8.72. The van der Waals surface area contributed by atoms with Gasteiger partial charge in [0.2, 0.25) is 5.91 Å². The summed E-state index contributed by atoms with van der Waals surface area (Å²) in [6.07, 6.45) is 0.574. The highest BCUT2D eigenvalue weighted by Crippen LogP contribution is 2.40. The molecule has 0 unspecified atom stereocenters. The fourth-order valence-electron chi connectivity index (χ4n) is 2.91. The van der Waals surface area contributed by atoms with Crippen molar-refractivity contribution in [2.75, 3.05) is 12.3 Å². The molecule has 25 heavy (non-hydrogen) atoms. The number of hydrogen-bond donors (Lipinski definition) is 0. The number of nitrogens with zero attached hydrogens (tertiary/aromatic N) is 1. The molecule has 132 valence electrons. The van der Waals surface area contributed by atoms with Crippen LogP contribution in [0.25, 0.3) is 0 Å². The lowest BCUT2D eigenvalue weighted by Gasteiger charge is -2.28. The minimum Gasteiger partial charge on any atom is -0.457 e. The van der Waals surface area contributed by atoms with E-state index in [0.29, 0.717) is 6.42 Å². The van der Waals surface area contributed by atoms with E-state index in [1.807, 2.05) is 65.2 Å². The lowest BCUT2D eigenvalue weighted by Crippen LogP contribution is -2.33. The van der Waals surface area contributed by atoms with E-state index in [1.54, 1.807) is 0 Å². The Balaban J connectivity index is 1.76. The third kappa shape index (κ3) is 4.79. The predicted octanol–water partition coefficient (Wildman–Crippen LogP) is 5.49. The van der Waals surface area contributed by atoms with Crippen LogP contribution in [0.15, 0.2) is 54.6 Å². The number of thioether (sulfide) groups is 1. The Kier molecular flexibility index (Phi) is 5.38. The zero-order valence-electron chi connectivity index (χ0n) is 15.1. The molecule has 0 bridgehead atoms. The van der Waals surface area contributed by atoms with Gasteiger partial charge in [0, 0.05) is 18.7 Å². The normalized spacial score (nSPS) is 17.6. The van der Waals surface area contributed by atoms with Gasteiger partial charge in [-0.2, -0.15) is 0 Å². The highest BCUT2D eigenvalue weighted by Gasteiger charge is 2.32. The topological polar surface area (TPSA) is 29.5 Å². The third-order valence-electron chi connectivity index (χ3n) is 4.02. The number of ether oxygens (including phenoxy) is 1. The van der Waals surface area contributed by atoms with Crippen LogP contribution < -0.4 is 4.74 Å². The van der Waals surface area contributed by atoms with Gasteiger partial charge >= 0.3 is 0 Å². The van der Waals surface area contributed by atoms with E-state index in [1.165, 1.54) is 0 Å². The lowest BCUT2D eigenvalue weighted by molar-refractivity contribution is -0.133. The van der Waals surface area contributed by atoms with Crippen molar-refractivity contribution in [3.63, 3.8) is 0 Å². The van der Waals surface area contributed by atoms with Crippen LogP contribution in [-0.4, -0.2) is 23.1 Å². The maximum atomic E-state index is 12.7. The summed E-state index contributed by atoms with van der Waals surface area (Å²) >= 11 is 1.82. The number of benzene rings is 2. The molecule has 0 saturated carbocycles. The van der Waals surface area contributed by atoms with Crippen LogP contribution in [0.3, 0.4) is 0 Å². The average molecular weight is 356 g/mol. The highest BCUT2D eigenvalue weighted by molar-refractivity contribution is 7.99. The van der Waals surface area contributed by atoms with Gasteiger partial charge in [0.15, 0.2) is 0 Å². The van der Waals surface area contributed by atoms with Gasteiger partial charge in [-0.05, 0) is 35.2 Å². The average Bonchev–Trinajstić information content (AvgIpc) is 3.04. The molecule has 2 aromatic rings.